The molecule has 0 saturated heterocycles. The highest BCUT2D eigenvalue weighted by molar-refractivity contribution is 4.98. The molecule has 0 atom stereocenters. The Morgan fingerprint density at radius 2 is 1.80 bits per heavy atom. The summed E-state index contributed by atoms with van der Waals surface area (Å²) in [7, 11) is 0. The van der Waals surface area contributed by atoms with E-state index in [1.807, 2.05) is 0 Å². The van der Waals surface area contributed by atoms with E-state index in [0.717, 1.165) is 6.42 Å². The lowest BCUT2D eigenvalue weighted by Crippen LogP contribution is -1.76. The molecule has 0 bridgehead atoms. The van der Waals surface area contributed by atoms with Crippen molar-refractivity contribution >= 4 is 0 Å². The van der Waals surface area contributed by atoms with Crippen LogP contribution in [-0.4, -0.2) is 11.7 Å². The molecule has 0 aliphatic carbocycles. The molecule has 0 saturated carbocycles. The zero-order valence-corrected chi connectivity index (χ0v) is 6.69. The summed E-state index contributed by atoms with van der Waals surface area (Å²) in [6.07, 6.45) is 5.35. The van der Waals surface area contributed by atoms with Crippen molar-refractivity contribution in [1.29, 1.82) is 0 Å². The number of unbranched alkanes of at least 4 members (excludes halogenated alkanes) is 3. The van der Waals surface area contributed by atoms with Crippen LogP contribution in [0.25, 0.3) is 0 Å². The van der Waals surface area contributed by atoms with Gasteiger partial charge >= 0.3 is 0 Å². The topological polar surface area (TPSA) is 20.2 Å². The van der Waals surface area contributed by atoms with E-state index in [0.29, 0.717) is 6.42 Å². The second-order valence-corrected chi connectivity index (χ2v) is 2.28. The predicted octanol–water partition coefficient (Wildman–Crippen LogP) is 1.95. The van der Waals surface area contributed by atoms with Crippen molar-refractivity contribution in [3.05, 3.63) is 0 Å². The fraction of sp³-hybridized carbons (Fsp3) is 0.778. The van der Waals surface area contributed by atoms with E-state index in [9.17, 15) is 0 Å². The highest BCUT2D eigenvalue weighted by Gasteiger charge is 1.79. The van der Waals surface area contributed by atoms with Gasteiger partial charge in [0.2, 0.25) is 0 Å². The summed E-state index contributed by atoms with van der Waals surface area (Å²) >= 11 is 0. The van der Waals surface area contributed by atoms with Gasteiger partial charge in [-0.1, -0.05) is 19.8 Å². The molecule has 0 radical (unpaired) electrons. The Morgan fingerprint density at radius 3 is 2.40 bits per heavy atom. The van der Waals surface area contributed by atoms with Crippen LogP contribution < -0.4 is 0 Å². The van der Waals surface area contributed by atoms with Gasteiger partial charge in [0.15, 0.2) is 0 Å². The van der Waals surface area contributed by atoms with Crippen molar-refractivity contribution < 1.29 is 5.11 Å². The minimum absolute atomic E-state index is 0.195. The van der Waals surface area contributed by atoms with Gasteiger partial charge in [-0.3, -0.25) is 0 Å². The first-order valence-corrected chi connectivity index (χ1v) is 3.98. The van der Waals surface area contributed by atoms with Crippen molar-refractivity contribution in [1.82, 2.24) is 0 Å². The maximum atomic E-state index is 8.37. The molecule has 0 fully saturated rings. The molecule has 0 aliphatic rings. The molecule has 0 unspecified atom stereocenters. The van der Waals surface area contributed by atoms with Gasteiger partial charge in [0.25, 0.3) is 0 Å². The second-order valence-electron chi connectivity index (χ2n) is 2.28. The van der Waals surface area contributed by atoms with Gasteiger partial charge in [-0.2, -0.15) is 0 Å². The van der Waals surface area contributed by atoms with Gasteiger partial charge in [-0.05, 0) is 6.42 Å². The summed E-state index contributed by atoms with van der Waals surface area (Å²) in [5.41, 5.74) is 0. The molecule has 58 valence electrons. The van der Waals surface area contributed by atoms with Crippen LogP contribution in [0.1, 0.15) is 39.0 Å². The average Bonchev–Trinajstić information content (AvgIpc) is 1.97. The molecule has 1 heteroatoms. The second kappa shape index (κ2) is 8.52. The fourth-order valence-corrected chi connectivity index (χ4v) is 0.696. The first-order valence-electron chi connectivity index (χ1n) is 3.98. The van der Waals surface area contributed by atoms with Crippen LogP contribution in [0.2, 0.25) is 0 Å². The Morgan fingerprint density at radius 1 is 1.10 bits per heavy atom. The molecule has 0 aromatic rings. The van der Waals surface area contributed by atoms with Crippen LogP contribution in [0.15, 0.2) is 0 Å². The van der Waals surface area contributed by atoms with Crippen LogP contribution in [-0.2, 0) is 0 Å². The molecular weight excluding hydrogens is 124 g/mol. The monoisotopic (exact) mass is 140 g/mol. The maximum absolute atomic E-state index is 8.37. The molecule has 0 heterocycles. The minimum atomic E-state index is 0.195. The molecular formula is C9H16O. The largest absolute Gasteiger partial charge is 0.395 e. The number of rotatable bonds is 4. The van der Waals surface area contributed by atoms with E-state index < -0.39 is 0 Å². The van der Waals surface area contributed by atoms with Gasteiger partial charge < -0.3 is 5.11 Å². The summed E-state index contributed by atoms with van der Waals surface area (Å²) in [5, 5.41) is 8.37. The van der Waals surface area contributed by atoms with E-state index in [-0.39, 0.29) is 6.61 Å². The van der Waals surface area contributed by atoms with E-state index >= 15 is 0 Å². The lowest BCUT2D eigenvalue weighted by Gasteiger charge is -1.87. The number of hydrogen-bond acceptors (Lipinski definition) is 1. The minimum Gasteiger partial charge on any atom is -0.395 e. The quantitative estimate of drug-likeness (QED) is 0.467. The molecule has 0 aromatic heterocycles. The van der Waals surface area contributed by atoms with Crippen LogP contribution in [0.3, 0.4) is 0 Å². The Bertz CT molecular complexity index is 108. The fourth-order valence-electron chi connectivity index (χ4n) is 0.696. The summed E-state index contributed by atoms with van der Waals surface area (Å²) in [6.45, 7) is 2.38. The lowest BCUT2D eigenvalue weighted by atomic mass is 10.2. The zero-order valence-electron chi connectivity index (χ0n) is 6.69. The Hall–Kier alpha value is -0.480. The van der Waals surface area contributed by atoms with E-state index in [1.54, 1.807) is 0 Å². The number of aliphatic hydroxyl groups is 1. The molecule has 0 amide bonds. The number of hydrogen-bond donors (Lipinski definition) is 1. The van der Waals surface area contributed by atoms with E-state index in [4.69, 9.17) is 5.11 Å². The zero-order chi connectivity index (χ0) is 7.66. The van der Waals surface area contributed by atoms with Gasteiger partial charge in [-0.15, -0.1) is 11.8 Å². The van der Waals surface area contributed by atoms with Gasteiger partial charge in [0.05, 0.1) is 6.61 Å². The smallest absolute Gasteiger partial charge is 0.0540 e. The normalized spacial score (nSPS) is 8.60. The molecule has 0 spiro atoms. The Labute approximate surface area is 63.5 Å². The lowest BCUT2D eigenvalue weighted by molar-refractivity contribution is 0.305. The molecule has 0 aliphatic heterocycles. The van der Waals surface area contributed by atoms with Crippen molar-refractivity contribution in [2.45, 2.75) is 39.0 Å². The van der Waals surface area contributed by atoms with Crippen LogP contribution in [0.4, 0.5) is 0 Å². The Balaban J connectivity index is 2.96. The third kappa shape index (κ3) is 7.52. The van der Waals surface area contributed by atoms with Gasteiger partial charge in [0, 0.05) is 12.8 Å². The first kappa shape index (κ1) is 9.52. The van der Waals surface area contributed by atoms with Crippen molar-refractivity contribution in [3.8, 4) is 11.8 Å². The molecule has 10 heavy (non-hydrogen) atoms. The van der Waals surface area contributed by atoms with Crippen molar-refractivity contribution in [2.24, 2.45) is 0 Å². The summed E-state index contributed by atoms with van der Waals surface area (Å²) in [5.74, 6) is 5.91. The molecule has 0 aromatic carbocycles. The third-order valence-electron chi connectivity index (χ3n) is 1.27. The van der Waals surface area contributed by atoms with Crippen molar-refractivity contribution in [3.63, 3.8) is 0 Å². The average molecular weight is 140 g/mol. The van der Waals surface area contributed by atoms with Crippen LogP contribution >= 0.6 is 0 Å². The standard InChI is InChI=1S/C9H16O/c1-2-3-4-5-6-7-8-9-10/h10H,2-5,8-9H2,1H3. The summed E-state index contributed by atoms with van der Waals surface area (Å²) < 4.78 is 0. The van der Waals surface area contributed by atoms with E-state index in [1.165, 1.54) is 19.3 Å². The van der Waals surface area contributed by atoms with Crippen LogP contribution in [0, 0.1) is 11.8 Å². The number of aliphatic hydroxyl groups excluding tert-OH is 1. The van der Waals surface area contributed by atoms with E-state index in [2.05, 4.69) is 18.8 Å². The SMILES string of the molecule is CCCCCC#CCCO. The first-order chi connectivity index (χ1) is 4.91. The molecule has 0 rings (SSSR count). The predicted molar refractivity (Wildman–Crippen MR) is 43.6 cm³/mol. The van der Waals surface area contributed by atoms with Crippen molar-refractivity contribution in [2.75, 3.05) is 6.61 Å². The highest BCUT2D eigenvalue weighted by Crippen LogP contribution is 1.96. The molecule has 1 N–H and O–H groups in total. The Kier molecular flexibility index (Phi) is 8.11. The molecule has 1 nitrogen and oxygen atoms in total. The summed E-state index contributed by atoms with van der Waals surface area (Å²) in [4.78, 5) is 0. The summed E-state index contributed by atoms with van der Waals surface area (Å²) in [6, 6.07) is 0. The highest BCUT2D eigenvalue weighted by atomic mass is 16.2. The maximum Gasteiger partial charge on any atom is 0.0540 e. The third-order valence-corrected chi connectivity index (χ3v) is 1.27. The van der Waals surface area contributed by atoms with Gasteiger partial charge in [-0.25, -0.2) is 0 Å². The van der Waals surface area contributed by atoms with Gasteiger partial charge in [0.1, 0.15) is 0 Å². The van der Waals surface area contributed by atoms with Crippen LogP contribution in [0.5, 0.6) is 0 Å².